The van der Waals surface area contributed by atoms with Crippen LogP contribution in [0.1, 0.15) is 40.1 Å². The standard InChI is InChI=1S/C27H28N2O5/c1-3-29(4-2)26(31)21-14-16-22(17-15-21)28-25(30)19-34-27(32)23-12-8-9-13-24(23)33-18-20-10-6-5-7-11-20/h5-17H,3-4,18-19H2,1-2H3,(H,28,30). The maximum absolute atomic E-state index is 12.5. The molecule has 34 heavy (non-hydrogen) atoms. The molecule has 0 aliphatic heterocycles. The summed E-state index contributed by atoms with van der Waals surface area (Å²) >= 11 is 0. The summed E-state index contributed by atoms with van der Waals surface area (Å²) in [4.78, 5) is 38.9. The molecule has 0 unspecified atom stereocenters. The number of ether oxygens (including phenoxy) is 2. The molecule has 7 heteroatoms. The number of nitrogens with one attached hydrogen (secondary N) is 1. The zero-order valence-electron chi connectivity index (χ0n) is 19.3. The molecule has 0 saturated heterocycles. The Balaban J connectivity index is 1.53. The van der Waals surface area contributed by atoms with Crippen LogP contribution in [0.25, 0.3) is 0 Å². The smallest absolute Gasteiger partial charge is 0.342 e. The molecule has 0 aliphatic rings. The van der Waals surface area contributed by atoms with E-state index in [1.165, 1.54) is 0 Å². The van der Waals surface area contributed by atoms with Crippen LogP contribution >= 0.6 is 0 Å². The Morgan fingerprint density at radius 3 is 2.15 bits per heavy atom. The van der Waals surface area contributed by atoms with Gasteiger partial charge in [-0.15, -0.1) is 0 Å². The van der Waals surface area contributed by atoms with Crippen molar-refractivity contribution < 1.29 is 23.9 Å². The Morgan fingerprint density at radius 1 is 0.824 bits per heavy atom. The summed E-state index contributed by atoms with van der Waals surface area (Å²) in [7, 11) is 0. The van der Waals surface area contributed by atoms with Gasteiger partial charge in [0.15, 0.2) is 6.61 Å². The van der Waals surface area contributed by atoms with Gasteiger partial charge in [0.1, 0.15) is 17.9 Å². The van der Waals surface area contributed by atoms with Crippen LogP contribution in [0, 0.1) is 0 Å². The Bertz CT molecular complexity index is 1110. The van der Waals surface area contributed by atoms with Crippen LogP contribution in [0.5, 0.6) is 5.75 Å². The minimum atomic E-state index is -0.654. The molecule has 3 rings (SSSR count). The Labute approximate surface area is 199 Å². The molecule has 0 aromatic heterocycles. The van der Waals surface area contributed by atoms with E-state index in [2.05, 4.69) is 5.32 Å². The van der Waals surface area contributed by atoms with E-state index in [0.717, 1.165) is 5.56 Å². The molecule has 2 amide bonds. The summed E-state index contributed by atoms with van der Waals surface area (Å²) < 4.78 is 11.0. The van der Waals surface area contributed by atoms with Crippen LogP contribution in [0.15, 0.2) is 78.9 Å². The second kappa shape index (κ2) is 12.2. The van der Waals surface area contributed by atoms with Crippen LogP contribution in [0.4, 0.5) is 5.69 Å². The van der Waals surface area contributed by atoms with Gasteiger partial charge in [-0.2, -0.15) is 0 Å². The van der Waals surface area contributed by atoms with E-state index in [-0.39, 0.29) is 11.5 Å². The molecule has 0 radical (unpaired) electrons. The lowest BCUT2D eigenvalue weighted by atomic mass is 10.1. The van der Waals surface area contributed by atoms with Crippen molar-refractivity contribution in [1.82, 2.24) is 4.90 Å². The zero-order valence-corrected chi connectivity index (χ0v) is 19.3. The summed E-state index contributed by atoms with van der Waals surface area (Å²) in [5.74, 6) is -0.826. The van der Waals surface area contributed by atoms with Crippen LogP contribution in [-0.2, 0) is 16.1 Å². The van der Waals surface area contributed by atoms with Crippen molar-refractivity contribution in [2.75, 3.05) is 25.0 Å². The summed E-state index contributed by atoms with van der Waals surface area (Å²) in [6, 6.07) is 22.9. The second-order valence-corrected chi connectivity index (χ2v) is 7.45. The first kappa shape index (κ1) is 24.5. The summed E-state index contributed by atoms with van der Waals surface area (Å²) in [5, 5.41) is 2.66. The highest BCUT2D eigenvalue weighted by Gasteiger charge is 2.16. The average molecular weight is 461 g/mol. The van der Waals surface area contributed by atoms with Crippen LogP contribution in [0.2, 0.25) is 0 Å². The normalized spacial score (nSPS) is 10.3. The monoisotopic (exact) mass is 460 g/mol. The molecule has 0 heterocycles. The summed E-state index contributed by atoms with van der Waals surface area (Å²) in [6.45, 7) is 4.94. The molecule has 176 valence electrons. The number of amides is 2. The molecular formula is C27H28N2O5. The molecule has 3 aromatic rings. The number of carbonyl (C=O) groups is 3. The molecule has 3 aromatic carbocycles. The summed E-state index contributed by atoms with van der Waals surface area (Å²) in [6.07, 6.45) is 0. The van der Waals surface area contributed by atoms with Gasteiger partial charge in [-0.1, -0.05) is 42.5 Å². The molecule has 0 saturated carbocycles. The van der Waals surface area contributed by atoms with Gasteiger partial charge in [0.2, 0.25) is 0 Å². The lowest BCUT2D eigenvalue weighted by Crippen LogP contribution is -2.30. The average Bonchev–Trinajstić information content (AvgIpc) is 2.88. The van der Waals surface area contributed by atoms with Gasteiger partial charge in [-0.3, -0.25) is 9.59 Å². The third kappa shape index (κ3) is 6.68. The quantitative estimate of drug-likeness (QED) is 0.449. The minimum absolute atomic E-state index is 0.0649. The number of hydrogen-bond acceptors (Lipinski definition) is 5. The van der Waals surface area contributed by atoms with Crippen molar-refractivity contribution in [2.45, 2.75) is 20.5 Å². The van der Waals surface area contributed by atoms with Crippen molar-refractivity contribution >= 4 is 23.5 Å². The van der Waals surface area contributed by atoms with E-state index >= 15 is 0 Å². The lowest BCUT2D eigenvalue weighted by Gasteiger charge is -2.18. The first-order valence-electron chi connectivity index (χ1n) is 11.1. The number of nitrogens with zero attached hydrogens (tertiary/aromatic N) is 1. The Morgan fingerprint density at radius 2 is 1.47 bits per heavy atom. The molecule has 0 spiro atoms. The zero-order chi connectivity index (χ0) is 24.3. The van der Waals surface area contributed by atoms with E-state index in [1.54, 1.807) is 53.4 Å². The fourth-order valence-corrected chi connectivity index (χ4v) is 3.29. The first-order chi connectivity index (χ1) is 16.5. The van der Waals surface area contributed by atoms with Crippen molar-refractivity contribution in [2.24, 2.45) is 0 Å². The Kier molecular flexibility index (Phi) is 8.80. The van der Waals surface area contributed by atoms with Crippen molar-refractivity contribution in [3.63, 3.8) is 0 Å². The fourth-order valence-electron chi connectivity index (χ4n) is 3.29. The van der Waals surface area contributed by atoms with E-state index in [9.17, 15) is 14.4 Å². The maximum atomic E-state index is 12.5. The van der Waals surface area contributed by atoms with E-state index in [0.29, 0.717) is 36.7 Å². The van der Waals surface area contributed by atoms with Gasteiger partial charge in [-0.25, -0.2) is 4.79 Å². The first-order valence-corrected chi connectivity index (χ1v) is 11.1. The SMILES string of the molecule is CCN(CC)C(=O)c1ccc(NC(=O)COC(=O)c2ccccc2OCc2ccccc2)cc1. The molecule has 0 bridgehead atoms. The van der Waals surface area contributed by atoms with Crippen molar-refractivity contribution in [3.8, 4) is 5.75 Å². The topological polar surface area (TPSA) is 84.9 Å². The number of anilines is 1. The predicted octanol–water partition coefficient (Wildman–Crippen LogP) is 4.54. The molecule has 1 N–H and O–H groups in total. The number of rotatable bonds is 10. The van der Waals surface area contributed by atoms with E-state index in [4.69, 9.17) is 9.47 Å². The largest absolute Gasteiger partial charge is 0.488 e. The third-order valence-electron chi connectivity index (χ3n) is 5.14. The second-order valence-electron chi connectivity index (χ2n) is 7.45. The van der Waals surface area contributed by atoms with Gasteiger partial charge in [0, 0.05) is 24.3 Å². The van der Waals surface area contributed by atoms with Gasteiger partial charge >= 0.3 is 5.97 Å². The van der Waals surface area contributed by atoms with Crippen molar-refractivity contribution in [1.29, 1.82) is 0 Å². The van der Waals surface area contributed by atoms with E-state index in [1.807, 2.05) is 44.2 Å². The third-order valence-corrected chi connectivity index (χ3v) is 5.14. The molecule has 0 aliphatic carbocycles. The van der Waals surface area contributed by atoms with Crippen molar-refractivity contribution in [3.05, 3.63) is 95.6 Å². The number of benzene rings is 3. The van der Waals surface area contributed by atoms with Crippen LogP contribution < -0.4 is 10.1 Å². The highest BCUT2D eigenvalue weighted by Crippen LogP contribution is 2.20. The maximum Gasteiger partial charge on any atom is 0.342 e. The molecular weight excluding hydrogens is 432 g/mol. The van der Waals surface area contributed by atoms with Gasteiger partial charge in [0.25, 0.3) is 11.8 Å². The molecule has 7 nitrogen and oxygen atoms in total. The lowest BCUT2D eigenvalue weighted by molar-refractivity contribution is -0.119. The minimum Gasteiger partial charge on any atom is -0.488 e. The Hall–Kier alpha value is -4.13. The van der Waals surface area contributed by atoms with E-state index < -0.39 is 18.5 Å². The predicted molar refractivity (Wildman–Crippen MR) is 130 cm³/mol. The molecule has 0 atom stereocenters. The highest BCUT2D eigenvalue weighted by molar-refractivity contribution is 5.98. The number of hydrogen-bond donors (Lipinski definition) is 1. The van der Waals surface area contributed by atoms with Crippen LogP contribution in [-0.4, -0.2) is 42.4 Å². The molecule has 0 fully saturated rings. The van der Waals surface area contributed by atoms with Gasteiger partial charge < -0.3 is 19.7 Å². The van der Waals surface area contributed by atoms with Gasteiger partial charge in [-0.05, 0) is 55.8 Å². The van der Waals surface area contributed by atoms with Gasteiger partial charge in [0.05, 0.1) is 0 Å². The number of esters is 1. The van der Waals surface area contributed by atoms with Crippen LogP contribution in [0.3, 0.4) is 0 Å². The number of carbonyl (C=O) groups excluding carboxylic acids is 3. The fraction of sp³-hybridized carbons (Fsp3) is 0.222. The highest BCUT2D eigenvalue weighted by atomic mass is 16.5. The number of para-hydroxylation sites is 1. The summed E-state index contributed by atoms with van der Waals surface area (Å²) in [5.41, 5.74) is 2.25.